The molecule has 0 aromatic carbocycles. The minimum atomic E-state index is -0.111. The fraction of sp³-hybridized carbons (Fsp3) is 0.615. The SMILES string of the molecule is CCC(N)Cn1cccc(OCCN(C)C)c1=O. The maximum atomic E-state index is 12.1. The van der Waals surface area contributed by atoms with E-state index in [9.17, 15) is 4.79 Å². The maximum Gasteiger partial charge on any atom is 0.292 e. The third kappa shape index (κ3) is 4.50. The third-order valence-corrected chi connectivity index (χ3v) is 2.74. The summed E-state index contributed by atoms with van der Waals surface area (Å²) in [5.41, 5.74) is 5.75. The van der Waals surface area contributed by atoms with Crippen molar-refractivity contribution in [3.05, 3.63) is 28.7 Å². The quantitative estimate of drug-likeness (QED) is 0.770. The molecule has 1 atom stereocenters. The highest BCUT2D eigenvalue weighted by Gasteiger charge is 2.07. The van der Waals surface area contributed by atoms with Crippen molar-refractivity contribution in [3.63, 3.8) is 0 Å². The highest BCUT2D eigenvalue weighted by atomic mass is 16.5. The van der Waals surface area contributed by atoms with Crippen LogP contribution in [0.15, 0.2) is 23.1 Å². The van der Waals surface area contributed by atoms with Crippen LogP contribution in [0.25, 0.3) is 0 Å². The number of nitrogens with two attached hydrogens (primary N) is 1. The number of likely N-dealkylation sites (N-methyl/N-ethyl adjacent to an activating group) is 1. The van der Waals surface area contributed by atoms with Crippen LogP contribution >= 0.6 is 0 Å². The molecule has 18 heavy (non-hydrogen) atoms. The average molecular weight is 253 g/mol. The van der Waals surface area contributed by atoms with Crippen molar-refractivity contribution < 1.29 is 4.74 Å². The van der Waals surface area contributed by atoms with E-state index in [1.807, 2.05) is 32.0 Å². The fourth-order valence-corrected chi connectivity index (χ4v) is 1.49. The van der Waals surface area contributed by atoms with Crippen molar-refractivity contribution in [2.75, 3.05) is 27.2 Å². The van der Waals surface area contributed by atoms with Gasteiger partial charge in [-0.2, -0.15) is 0 Å². The molecular formula is C13H23N3O2. The van der Waals surface area contributed by atoms with Crippen LogP contribution in [-0.2, 0) is 6.54 Å². The van der Waals surface area contributed by atoms with E-state index in [-0.39, 0.29) is 11.6 Å². The van der Waals surface area contributed by atoms with Crippen molar-refractivity contribution in [3.8, 4) is 5.75 Å². The fourth-order valence-electron chi connectivity index (χ4n) is 1.49. The first-order valence-corrected chi connectivity index (χ1v) is 6.27. The summed E-state index contributed by atoms with van der Waals surface area (Å²) in [5.74, 6) is 0.391. The number of ether oxygens (including phenoxy) is 1. The van der Waals surface area contributed by atoms with E-state index in [1.165, 1.54) is 0 Å². The van der Waals surface area contributed by atoms with E-state index < -0.39 is 0 Å². The minimum Gasteiger partial charge on any atom is -0.487 e. The molecule has 5 nitrogen and oxygen atoms in total. The molecule has 5 heteroatoms. The predicted molar refractivity (Wildman–Crippen MR) is 73.0 cm³/mol. The molecule has 2 N–H and O–H groups in total. The lowest BCUT2D eigenvalue weighted by Crippen LogP contribution is -2.32. The number of nitrogens with zero attached hydrogens (tertiary/aromatic N) is 2. The van der Waals surface area contributed by atoms with Gasteiger partial charge in [0.15, 0.2) is 5.75 Å². The van der Waals surface area contributed by atoms with E-state index in [2.05, 4.69) is 0 Å². The number of hydrogen-bond donors (Lipinski definition) is 1. The first-order valence-electron chi connectivity index (χ1n) is 6.27. The number of hydrogen-bond acceptors (Lipinski definition) is 4. The van der Waals surface area contributed by atoms with Gasteiger partial charge in [-0.1, -0.05) is 6.92 Å². The van der Waals surface area contributed by atoms with E-state index in [1.54, 1.807) is 16.8 Å². The van der Waals surface area contributed by atoms with Crippen LogP contribution in [-0.4, -0.2) is 42.8 Å². The third-order valence-electron chi connectivity index (χ3n) is 2.74. The maximum absolute atomic E-state index is 12.1. The monoisotopic (exact) mass is 253 g/mol. The zero-order valence-corrected chi connectivity index (χ0v) is 11.4. The molecule has 0 amide bonds. The number of pyridine rings is 1. The Bertz CT molecular complexity index is 415. The summed E-state index contributed by atoms with van der Waals surface area (Å²) in [7, 11) is 3.93. The smallest absolute Gasteiger partial charge is 0.292 e. The van der Waals surface area contributed by atoms with Crippen LogP contribution in [0.2, 0.25) is 0 Å². The van der Waals surface area contributed by atoms with Gasteiger partial charge in [0.2, 0.25) is 0 Å². The van der Waals surface area contributed by atoms with Gasteiger partial charge < -0.3 is 19.9 Å². The van der Waals surface area contributed by atoms with Gasteiger partial charge in [0.05, 0.1) is 0 Å². The molecule has 0 aliphatic carbocycles. The molecule has 1 unspecified atom stereocenters. The molecule has 1 heterocycles. The predicted octanol–water partition coefficient (Wildman–Crippen LogP) is 0.526. The second-order valence-corrected chi connectivity index (χ2v) is 4.65. The second kappa shape index (κ2) is 7.18. The number of aromatic nitrogens is 1. The summed E-state index contributed by atoms with van der Waals surface area (Å²) in [6.45, 7) is 3.82. The Balaban J connectivity index is 2.69. The summed E-state index contributed by atoms with van der Waals surface area (Å²) < 4.78 is 7.10. The molecule has 0 aliphatic rings. The molecule has 1 rings (SSSR count). The average Bonchev–Trinajstić information content (AvgIpc) is 2.33. The first kappa shape index (κ1) is 14.7. The summed E-state index contributed by atoms with van der Waals surface area (Å²) in [5, 5.41) is 0. The van der Waals surface area contributed by atoms with Crippen LogP contribution in [0.1, 0.15) is 13.3 Å². The molecule has 0 fully saturated rings. The standard InChI is InChI=1S/C13H23N3O2/c1-4-11(14)10-16-7-5-6-12(13(16)17)18-9-8-15(2)3/h5-7,11H,4,8-10,14H2,1-3H3. The van der Waals surface area contributed by atoms with Gasteiger partial charge in [-0.15, -0.1) is 0 Å². The van der Waals surface area contributed by atoms with E-state index in [0.717, 1.165) is 13.0 Å². The minimum absolute atomic E-state index is 0.000254. The molecular weight excluding hydrogens is 230 g/mol. The van der Waals surface area contributed by atoms with Gasteiger partial charge in [0, 0.05) is 25.3 Å². The van der Waals surface area contributed by atoms with Crippen molar-refractivity contribution in [1.29, 1.82) is 0 Å². The highest BCUT2D eigenvalue weighted by molar-refractivity contribution is 5.17. The van der Waals surface area contributed by atoms with Crippen LogP contribution in [0, 0.1) is 0 Å². The molecule has 0 aliphatic heterocycles. The van der Waals surface area contributed by atoms with Crippen LogP contribution in [0.4, 0.5) is 0 Å². The van der Waals surface area contributed by atoms with E-state index >= 15 is 0 Å². The zero-order valence-electron chi connectivity index (χ0n) is 11.4. The molecule has 1 aromatic heterocycles. The van der Waals surface area contributed by atoms with Crippen LogP contribution in [0.5, 0.6) is 5.75 Å². The molecule has 0 radical (unpaired) electrons. The summed E-state index contributed by atoms with van der Waals surface area (Å²) >= 11 is 0. The zero-order chi connectivity index (χ0) is 13.5. The van der Waals surface area contributed by atoms with E-state index in [4.69, 9.17) is 10.5 Å². The molecule has 0 saturated carbocycles. The summed E-state index contributed by atoms with van der Waals surface area (Å²) in [6, 6.07) is 3.51. The summed E-state index contributed by atoms with van der Waals surface area (Å²) in [4.78, 5) is 14.1. The Hall–Kier alpha value is -1.33. The van der Waals surface area contributed by atoms with Gasteiger partial charge >= 0.3 is 0 Å². The van der Waals surface area contributed by atoms with Gasteiger partial charge in [-0.05, 0) is 32.6 Å². The van der Waals surface area contributed by atoms with Crippen LogP contribution in [0.3, 0.4) is 0 Å². The Morgan fingerprint density at radius 3 is 2.83 bits per heavy atom. The van der Waals surface area contributed by atoms with Crippen molar-refractivity contribution in [2.24, 2.45) is 5.73 Å². The van der Waals surface area contributed by atoms with Gasteiger partial charge in [0.1, 0.15) is 6.61 Å². The van der Waals surface area contributed by atoms with Gasteiger partial charge in [0.25, 0.3) is 5.56 Å². The molecule has 0 saturated heterocycles. The topological polar surface area (TPSA) is 60.5 Å². The van der Waals surface area contributed by atoms with Gasteiger partial charge in [-0.25, -0.2) is 0 Å². The normalized spacial score (nSPS) is 12.7. The number of rotatable bonds is 7. The van der Waals surface area contributed by atoms with Crippen molar-refractivity contribution in [1.82, 2.24) is 9.47 Å². The lowest BCUT2D eigenvalue weighted by molar-refractivity contribution is 0.257. The first-order chi connectivity index (χ1) is 8.54. The van der Waals surface area contributed by atoms with E-state index in [0.29, 0.717) is 18.9 Å². The molecule has 102 valence electrons. The Morgan fingerprint density at radius 1 is 1.50 bits per heavy atom. The van der Waals surface area contributed by atoms with Crippen molar-refractivity contribution in [2.45, 2.75) is 25.9 Å². The largest absolute Gasteiger partial charge is 0.487 e. The summed E-state index contributed by atoms with van der Waals surface area (Å²) in [6.07, 6.45) is 2.59. The molecule has 0 spiro atoms. The Labute approximate surface area is 108 Å². The Morgan fingerprint density at radius 2 is 2.22 bits per heavy atom. The Kier molecular flexibility index (Phi) is 5.88. The molecule has 1 aromatic rings. The second-order valence-electron chi connectivity index (χ2n) is 4.65. The lowest BCUT2D eigenvalue weighted by Gasteiger charge is -2.14. The lowest BCUT2D eigenvalue weighted by atomic mass is 10.2. The highest BCUT2D eigenvalue weighted by Crippen LogP contribution is 2.02. The van der Waals surface area contributed by atoms with Gasteiger partial charge in [-0.3, -0.25) is 4.79 Å². The molecule has 0 bridgehead atoms. The van der Waals surface area contributed by atoms with Crippen LogP contribution < -0.4 is 16.0 Å². The van der Waals surface area contributed by atoms with Crippen molar-refractivity contribution >= 4 is 0 Å².